The fraction of sp³-hybridized carbons (Fsp3) is 0.467. The molecule has 1 aliphatic rings. The SMILES string of the molecule is COc1cccc(-n2c(CN)nnc2SC2CCSCC2)c1. The van der Waals surface area contributed by atoms with Crippen molar-refractivity contribution in [1.29, 1.82) is 0 Å². The van der Waals surface area contributed by atoms with E-state index in [4.69, 9.17) is 10.5 Å². The second kappa shape index (κ2) is 7.39. The highest BCUT2D eigenvalue weighted by atomic mass is 32.2. The molecule has 1 aromatic carbocycles. The topological polar surface area (TPSA) is 66.0 Å². The summed E-state index contributed by atoms with van der Waals surface area (Å²) < 4.78 is 7.37. The van der Waals surface area contributed by atoms with E-state index in [0.29, 0.717) is 11.8 Å². The highest BCUT2D eigenvalue weighted by molar-refractivity contribution is 8.01. The van der Waals surface area contributed by atoms with Crippen LogP contribution in [-0.4, -0.2) is 38.6 Å². The molecule has 118 valence electrons. The standard InChI is InChI=1S/C15H20N4OS2/c1-20-12-4-2-3-11(9-12)19-14(10-16)17-18-15(19)22-13-5-7-21-8-6-13/h2-4,9,13H,5-8,10,16H2,1H3. The minimum Gasteiger partial charge on any atom is -0.497 e. The summed E-state index contributed by atoms with van der Waals surface area (Å²) in [5.41, 5.74) is 6.84. The van der Waals surface area contributed by atoms with Crippen molar-refractivity contribution < 1.29 is 4.74 Å². The van der Waals surface area contributed by atoms with Crippen LogP contribution >= 0.6 is 23.5 Å². The molecule has 1 aliphatic heterocycles. The third-order valence-corrected chi connectivity index (χ3v) is 5.96. The van der Waals surface area contributed by atoms with Crippen LogP contribution in [0.2, 0.25) is 0 Å². The van der Waals surface area contributed by atoms with Gasteiger partial charge in [-0.1, -0.05) is 17.8 Å². The summed E-state index contributed by atoms with van der Waals surface area (Å²) in [7, 11) is 1.67. The molecule has 2 heterocycles. The number of nitrogens with zero attached hydrogens (tertiary/aromatic N) is 3. The van der Waals surface area contributed by atoms with E-state index in [9.17, 15) is 0 Å². The fourth-order valence-electron chi connectivity index (χ4n) is 2.46. The molecule has 1 fully saturated rings. The lowest BCUT2D eigenvalue weighted by Gasteiger charge is -2.20. The van der Waals surface area contributed by atoms with Gasteiger partial charge in [0.2, 0.25) is 0 Å². The molecule has 2 N–H and O–H groups in total. The summed E-state index contributed by atoms with van der Waals surface area (Å²) in [6.45, 7) is 0.366. The van der Waals surface area contributed by atoms with Crippen LogP contribution < -0.4 is 10.5 Å². The highest BCUT2D eigenvalue weighted by Gasteiger charge is 2.20. The number of aromatic nitrogens is 3. The molecule has 7 heteroatoms. The van der Waals surface area contributed by atoms with Gasteiger partial charge >= 0.3 is 0 Å². The molecule has 0 atom stereocenters. The zero-order chi connectivity index (χ0) is 15.4. The van der Waals surface area contributed by atoms with E-state index < -0.39 is 0 Å². The van der Waals surface area contributed by atoms with Gasteiger partial charge in [0.25, 0.3) is 0 Å². The molecular formula is C15H20N4OS2. The van der Waals surface area contributed by atoms with Gasteiger partial charge in [0.05, 0.1) is 19.3 Å². The van der Waals surface area contributed by atoms with Gasteiger partial charge in [-0.05, 0) is 36.5 Å². The van der Waals surface area contributed by atoms with Gasteiger partial charge < -0.3 is 10.5 Å². The maximum Gasteiger partial charge on any atom is 0.196 e. The van der Waals surface area contributed by atoms with E-state index in [0.717, 1.165) is 22.4 Å². The summed E-state index contributed by atoms with van der Waals surface area (Å²) in [4.78, 5) is 0. The number of hydrogen-bond acceptors (Lipinski definition) is 6. The van der Waals surface area contributed by atoms with Crippen molar-refractivity contribution in [3.63, 3.8) is 0 Å². The summed E-state index contributed by atoms with van der Waals surface area (Å²) in [5, 5.41) is 10.1. The molecule has 22 heavy (non-hydrogen) atoms. The number of ether oxygens (including phenoxy) is 1. The number of rotatable bonds is 5. The van der Waals surface area contributed by atoms with Crippen molar-refractivity contribution >= 4 is 23.5 Å². The van der Waals surface area contributed by atoms with Crippen LogP contribution in [0.3, 0.4) is 0 Å². The monoisotopic (exact) mass is 336 g/mol. The molecule has 0 aliphatic carbocycles. The molecule has 0 unspecified atom stereocenters. The predicted molar refractivity (Wildman–Crippen MR) is 92.0 cm³/mol. The van der Waals surface area contributed by atoms with Crippen LogP contribution in [-0.2, 0) is 6.54 Å². The van der Waals surface area contributed by atoms with Crippen molar-refractivity contribution in [1.82, 2.24) is 14.8 Å². The van der Waals surface area contributed by atoms with Gasteiger partial charge in [-0.2, -0.15) is 11.8 Å². The first-order valence-electron chi connectivity index (χ1n) is 7.35. The molecule has 5 nitrogen and oxygen atoms in total. The third-order valence-electron chi connectivity index (χ3n) is 3.63. The molecule has 1 saturated heterocycles. The molecule has 0 amide bonds. The molecule has 2 aromatic rings. The molecule has 0 spiro atoms. The Kier molecular flexibility index (Phi) is 5.28. The predicted octanol–water partition coefficient (Wildman–Crippen LogP) is 2.72. The number of hydrogen-bond donors (Lipinski definition) is 1. The first kappa shape index (κ1) is 15.7. The molecule has 0 bridgehead atoms. The van der Waals surface area contributed by atoms with Gasteiger partial charge in [-0.25, -0.2) is 0 Å². The fourth-order valence-corrected chi connectivity index (χ4v) is 5.04. The molecule has 3 rings (SSSR count). The van der Waals surface area contributed by atoms with Crippen LogP contribution in [0.15, 0.2) is 29.4 Å². The van der Waals surface area contributed by atoms with E-state index in [1.807, 2.05) is 47.8 Å². The average Bonchev–Trinajstić information content (AvgIpc) is 2.98. The summed E-state index contributed by atoms with van der Waals surface area (Å²) in [6.07, 6.45) is 2.44. The lowest BCUT2D eigenvalue weighted by Crippen LogP contribution is -2.13. The van der Waals surface area contributed by atoms with Crippen molar-refractivity contribution in [3.8, 4) is 11.4 Å². The Morgan fingerprint density at radius 1 is 1.36 bits per heavy atom. The van der Waals surface area contributed by atoms with E-state index in [1.165, 1.54) is 24.3 Å². The van der Waals surface area contributed by atoms with Gasteiger partial charge in [-0.15, -0.1) is 10.2 Å². The number of methoxy groups -OCH3 is 1. The van der Waals surface area contributed by atoms with Crippen molar-refractivity contribution in [3.05, 3.63) is 30.1 Å². The van der Waals surface area contributed by atoms with Gasteiger partial charge in [-0.3, -0.25) is 4.57 Å². The Morgan fingerprint density at radius 2 is 2.18 bits per heavy atom. The third kappa shape index (κ3) is 3.42. The first-order valence-corrected chi connectivity index (χ1v) is 9.38. The smallest absolute Gasteiger partial charge is 0.196 e. The van der Waals surface area contributed by atoms with Crippen LogP contribution in [0.4, 0.5) is 0 Å². The normalized spacial score (nSPS) is 15.9. The van der Waals surface area contributed by atoms with E-state index in [2.05, 4.69) is 14.8 Å². The van der Waals surface area contributed by atoms with Gasteiger partial charge in [0.15, 0.2) is 11.0 Å². The average molecular weight is 336 g/mol. The molecule has 1 aromatic heterocycles. The summed E-state index contributed by atoms with van der Waals surface area (Å²) in [5.74, 6) is 4.06. The highest BCUT2D eigenvalue weighted by Crippen LogP contribution is 2.33. The van der Waals surface area contributed by atoms with Gasteiger partial charge in [0.1, 0.15) is 5.75 Å². The lowest BCUT2D eigenvalue weighted by atomic mass is 10.2. The Bertz CT molecular complexity index is 626. The second-order valence-corrected chi connectivity index (χ2v) is 7.56. The van der Waals surface area contributed by atoms with Crippen molar-refractivity contribution in [2.24, 2.45) is 5.73 Å². The first-order chi connectivity index (χ1) is 10.8. The second-order valence-electron chi connectivity index (χ2n) is 5.07. The van der Waals surface area contributed by atoms with E-state index in [-0.39, 0.29) is 0 Å². The Labute approximate surface area is 139 Å². The Morgan fingerprint density at radius 3 is 2.91 bits per heavy atom. The van der Waals surface area contributed by atoms with Gasteiger partial charge in [0, 0.05) is 11.3 Å². The van der Waals surface area contributed by atoms with Crippen molar-refractivity contribution in [2.45, 2.75) is 29.8 Å². The lowest BCUT2D eigenvalue weighted by molar-refractivity contribution is 0.414. The zero-order valence-electron chi connectivity index (χ0n) is 12.6. The minimum atomic E-state index is 0.366. The number of thioether (sulfide) groups is 2. The quantitative estimate of drug-likeness (QED) is 0.905. The summed E-state index contributed by atoms with van der Waals surface area (Å²) >= 11 is 3.85. The maximum absolute atomic E-state index is 5.84. The number of benzene rings is 1. The maximum atomic E-state index is 5.84. The van der Waals surface area contributed by atoms with Crippen LogP contribution in [0, 0.1) is 0 Å². The molecule has 0 radical (unpaired) electrons. The number of nitrogens with two attached hydrogens (primary N) is 1. The van der Waals surface area contributed by atoms with Crippen LogP contribution in [0.5, 0.6) is 5.75 Å². The van der Waals surface area contributed by atoms with Crippen LogP contribution in [0.25, 0.3) is 5.69 Å². The zero-order valence-corrected chi connectivity index (χ0v) is 14.2. The minimum absolute atomic E-state index is 0.366. The Hall–Kier alpha value is -1.18. The van der Waals surface area contributed by atoms with Crippen molar-refractivity contribution in [2.75, 3.05) is 18.6 Å². The molecular weight excluding hydrogens is 316 g/mol. The van der Waals surface area contributed by atoms with E-state index >= 15 is 0 Å². The van der Waals surface area contributed by atoms with Crippen LogP contribution in [0.1, 0.15) is 18.7 Å². The summed E-state index contributed by atoms with van der Waals surface area (Å²) in [6, 6.07) is 7.93. The Balaban J connectivity index is 1.92. The molecule has 0 saturated carbocycles. The van der Waals surface area contributed by atoms with E-state index in [1.54, 1.807) is 7.11 Å². The largest absolute Gasteiger partial charge is 0.497 e.